The van der Waals surface area contributed by atoms with Gasteiger partial charge >= 0.3 is 5.97 Å². The van der Waals surface area contributed by atoms with Gasteiger partial charge in [-0.15, -0.1) is 0 Å². The molecule has 2 N–H and O–H groups in total. The summed E-state index contributed by atoms with van der Waals surface area (Å²) in [7, 11) is 1.46. The Hall–Kier alpha value is -2.74. The normalized spacial score (nSPS) is 17.1. The number of carboxylic acid groups (broad SMARTS) is 1. The van der Waals surface area contributed by atoms with Crippen LogP contribution in [0, 0.1) is 0 Å². The lowest BCUT2D eigenvalue weighted by atomic mass is 10.0. The van der Waals surface area contributed by atoms with Crippen LogP contribution >= 0.6 is 0 Å². The molecule has 3 heterocycles. The number of pyridine rings is 2. The van der Waals surface area contributed by atoms with E-state index in [0.29, 0.717) is 6.61 Å². The number of nitrogens with zero attached hydrogens (tertiary/aromatic N) is 2. The van der Waals surface area contributed by atoms with E-state index in [1.807, 2.05) is 0 Å². The summed E-state index contributed by atoms with van der Waals surface area (Å²) in [5.74, 6) is -2.31. The summed E-state index contributed by atoms with van der Waals surface area (Å²) in [5.41, 5.74) is -0.0813. The van der Waals surface area contributed by atoms with Gasteiger partial charge < -0.3 is 14.9 Å². The van der Waals surface area contributed by atoms with Gasteiger partial charge in [0, 0.05) is 26.3 Å². The van der Waals surface area contributed by atoms with Gasteiger partial charge in [0.25, 0.3) is 5.56 Å². The van der Waals surface area contributed by atoms with E-state index in [4.69, 9.17) is 9.84 Å². The highest BCUT2D eigenvalue weighted by Crippen LogP contribution is 2.32. The van der Waals surface area contributed by atoms with Crippen LogP contribution in [0.15, 0.2) is 17.1 Å². The van der Waals surface area contributed by atoms with Crippen molar-refractivity contribution in [1.29, 1.82) is 0 Å². The Morgan fingerprint density at radius 1 is 1.40 bits per heavy atom. The molecule has 1 atom stereocenters. The van der Waals surface area contributed by atoms with Crippen LogP contribution in [0.5, 0.6) is 5.75 Å². The Kier molecular flexibility index (Phi) is 4.54. The van der Waals surface area contributed by atoms with E-state index >= 15 is 0 Å². The highest BCUT2D eigenvalue weighted by molar-refractivity contribution is 6.03. The number of aliphatic carboxylic acids is 1. The molecule has 25 heavy (non-hydrogen) atoms. The van der Waals surface area contributed by atoms with E-state index in [2.05, 4.69) is 4.98 Å². The zero-order valence-electron chi connectivity index (χ0n) is 13.7. The zero-order valence-corrected chi connectivity index (χ0v) is 13.7. The number of hydrogen-bond acceptors (Lipinski definition) is 6. The highest BCUT2D eigenvalue weighted by Gasteiger charge is 2.24. The minimum absolute atomic E-state index is 0.125. The minimum Gasteiger partial charge on any atom is -0.506 e. The first-order chi connectivity index (χ1) is 11.9. The molecule has 0 saturated carbocycles. The second kappa shape index (κ2) is 6.64. The van der Waals surface area contributed by atoms with Crippen molar-refractivity contribution in [2.24, 2.45) is 7.05 Å². The van der Waals surface area contributed by atoms with Crippen molar-refractivity contribution in [3.05, 3.63) is 33.7 Å². The maximum absolute atomic E-state index is 12.4. The summed E-state index contributed by atoms with van der Waals surface area (Å²) in [6.07, 6.45) is 2.48. The molecular formula is C17H18N2O6. The van der Waals surface area contributed by atoms with Gasteiger partial charge in [-0.05, 0) is 24.5 Å². The standard InChI is InChI=1S/C17H18N2O6/c1-19-16-10(7-9(8-18-16)12-3-2-6-25-12)15(23)14(17(19)24)11(20)4-5-13(21)22/h7-8,12,23H,2-6H2,1H3,(H,21,22). The number of fused-ring (bicyclic) bond motifs is 1. The number of ether oxygens (including phenoxy) is 1. The molecule has 132 valence electrons. The summed E-state index contributed by atoms with van der Waals surface area (Å²) in [5, 5.41) is 19.5. The number of rotatable bonds is 5. The zero-order chi connectivity index (χ0) is 18.1. The number of Topliss-reactive ketones (excluding diaryl/α,β-unsaturated/α-hetero) is 1. The molecule has 0 radical (unpaired) electrons. The average Bonchev–Trinajstić information content (AvgIpc) is 3.12. The fraction of sp³-hybridized carbons (Fsp3) is 0.412. The molecule has 0 spiro atoms. The lowest BCUT2D eigenvalue weighted by Gasteiger charge is -2.14. The summed E-state index contributed by atoms with van der Waals surface area (Å²) in [6, 6.07) is 1.67. The highest BCUT2D eigenvalue weighted by atomic mass is 16.5. The van der Waals surface area contributed by atoms with E-state index in [9.17, 15) is 19.5 Å². The van der Waals surface area contributed by atoms with Crippen LogP contribution in [0.25, 0.3) is 11.0 Å². The number of carbonyl (C=O) groups is 2. The summed E-state index contributed by atoms with van der Waals surface area (Å²) in [6.45, 7) is 0.654. The summed E-state index contributed by atoms with van der Waals surface area (Å²) in [4.78, 5) is 39.5. The third kappa shape index (κ3) is 3.12. The van der Waals surface area contributed by atoms with E-state index in [-0.39, 0.29) is 23.6 Å². The number of hydrogen-bond donors (Lipinski definition) is 2. The molecule has 1 aliphatic heterocycles. The van der Waals surface area contributed by atoms with Crippen molar-refractivity contribution >= 4 is 22.8 Å². The molecule has 8 nitrogen and oxygen atoms in total. The first-order valence-corrected chi connectivity index (χ1v) is 7.98. The second-order valence-corrected chi connectivity index (χ2v) is 6.05. The van der Waals surface area contributed by atoms with Crippen molar-refractivity contribution in [3.63, 3.8) is 0 Å². The van der Waals surface area contributed by atoms with Crippen molar-refractivity contribution in [3.8, 4) is 5.75 Å². The van der Waals surface area contributed by atoms with Crippen LogP contribution in [-0.4, -0.2) is 38.1 Å². The van der Waals surface area contributed by atoms with Gasteiger partial charge in [0.2, 0.25) is 0 Å². The van der Waals surface area contributed by atoms with Crippen molar-refractivity contribution in [2.75, 3.05) is 6.61 Å². The van der Waals surface area contributed by atoms with Gasteiger partial charge in [-0.25, -0.2) is 4.98 Å². The molecule has 0 aliphatic carbocycles. The number of aromatic nitrogens is 2. The Balaban J connectivity index is 2.12. The predicted octanol–water partition coefficient (Wildman–Crippen LogP) is 1.54. The molecule has 0 bridgehead atoms. The fourth-order valence-electron chi connectivity index (χ4n) is 3.03. The largest absolute Gasteiger partial charge is 0.506 e. The molecule has 1 fully saturated rings. The first kappa shape index (κ1) is 17.1. The fourth-order valence-corrected chi connectivity index (χ4v) is 3.03. The minimum atomic E-state index is -1.15. The Morgan fingerprint density at radius 2 is 2.16 bits per heavy atom. The molecule has 0 aromatic carbocycles. The van der Waals surface area contributed by atoms with Crippen LogP contribution in [0.3, 0.4) is 0 Å². The summed E-state index contributed by atoms with van der Waals surface area (Å²) < 4.78 is 6.78. The molecule has 1 aliphatic rings. The molecular weight excluding hydrogens is 328 g/mol. The predicted molar refractivity (Wildman–Crippen MR) is 87.8 cm³/mol. The Bertz CT molecular complexity index is 911. The number of ketones is 1. The molecule has 2 aromatic heterocycles. The third-order valence-corrected chi connectivity index (χ3v) is 4.36. The van der Waals surface area contributed by atoms with Gasteiger partial charge in [-0.1, -0.05) is 0 Å². The molecule has 0 amide bonds. The lowest BCUT2D eigenvalue weighted by molar-refractivity contribution is -0.136. The molecule has 2 aromatic rings. The SMILES string of the molecule is Cn1c(=O)c(C(=O)CCC(=O)O)c(O)c2cc(C3CCCO3)cnc21. The van der Waals surface area contributed by atoms with Gasteiger partial charge in [0.15, 0.2) is 5.78 Å². The van der Waals surface area contributed by atoms with Crippen LogP contribution < -0.4 is 5.56 Å². The Labute approximate surface area is 142 Å². The summed E-state index contributed by atoms with van der Waals surface area (Å²) >= 11 is 0. The lowest BCUT2D eigenvalue weighted by Crippen LogP contribution is -2.25. The molecule has 3 rings (SSSR count). The van der Waals surface area contributed by atoms with E-state index < -0.39 is 35.0 Å². The van der Waals surface area contributed by atoms with Crippen LogP contribution in [0.1, 0.15) is 47.7 Å². The van der Waals surface area contributed by atoms with Gasteiger partial charge in [0.05, 0.1) is 17.9 Å². The van der Waals surface area contributed by atoms with Gasteiger partial charge in [0.1, 0.15) is 17.0 Å². The van der Waals surface area contributed by atoms with Gasteiger partial charge in [-0.3, -0.25) is 19.0 Å². The monoisotopic (exact) mass is 346 g/mol. The van der Waals surface area contributed by atoms with Crippen molar-refractivity contribution < 1.29 is 24.5 Å². The average molecular weight is 346 g/mol. The van der Waals surface area contributed by atoms with Gasteiger partial charge in [-0.2, -0.15) is 0 Å². The molecule has 1 unspecified atom stereocenters. The Morgan fingerprint density at radius 3 is 2.80 bits per heavy atom. The molecule has 1 saturated heterocycles. The maximum atomic E-state index is 12.4. The van der Waals surface area contributed by atoms with E-state index in [0.717, 1.165) is 18.4 Å². The number of carboxylic acids is 1. The van der Waals surface area contributed by atoms with Crippen LogP contribution in [0.2, 0.25) is 0 Å². The van der Waals surface area contributed by atoms with Crippen molar-refractivity contribution in [1.82, 2.24) is 9.55 Å². The number of carbonyl (C=O) groups excluding carboxylic acids is 1. The number of aryl methyl sites for hydroxylation is 1. The smallest absolute Gasteiger partial charge is 0.303 e. The van der Waals surface area contributed by atoms with Crippen LogP contribution in [0.4, 0.5) is 0 Å². The topological polar surface area (TPSA) is 119 Å². The van der Waals surface area contributed by atoms with Crippen molar-refractivity contribution in [2.45, 2.75) is 31.8 Å². The third-order valence-electron chi connectivity index (χ3n) is 4.36. The molecule has 8 heteroatoms. The second-order valence-electron chi connectivity index (χ2n) is 6.05. The maximum Gasteiger partial charge on any atom is 0.303 e. The quantitative estimate of drug-likeness (QED) is 0.788. The number of aromatic hydroxyl groups is 1. The van der Waals surface area contributed by atoms with E-state index in [1.54, 1.807) is 12.3 Å². The first-order valence-electron chi connectivity index (χ1n) is 7.98. The van der Waals surface area contributed by atoms with Crippen LogP contribution in [-0.2, 0) is 16.6 Å². The van der Waals surface area contributed by atoms with E-state index in [1.165, 1.54) is 11.6 Å².